The van der Waals surface area contributed by atoms with Gasteiger partial charge in [-0.2, -0.15) is 0 Å². The lowest BCUT2D eigenvalue weighted by Crippen LogP contribution is -2.30. The molecule has 0 aromatic rings. The predicted octanol–water partition coefficient (Wildman–Crippen LogP) is 19.7. The van der Waals surface area contributed by atoms with Crippen molar-refractivity contribution in [1.29, 1.82) is 0 Å². The molecule has 392 valence electrons. The smallest absolute Gasteiger partial charge is 0.306 e. The highest BCUT2D eigenvalue weighted by Gasteiger charge is 2.19. The Balaban J connectivity index is 4.36. The number of carbonyl (C=O) groups excluding carboxylic acids is 3. The van der Waals surface area contributed by atoms with Crippen molar-refractivity contribution in [3.63, 3.8) is 0 Å². The number of unbranched alkanes of at least 4 members (excludes halogenated alkanes) is 37. The van der Waals surface area contributed by atoms with Crippen molar-refractivity contribution in [2.75, 3.05) is 13.2 Å². The molecule has 0 rings (SSSR count). The van der Waals surface area contributed by atoms with Gasteiger partial charge in [-0.3, -0.25) is 14.4 Å². The van der Waals surface area contributed by atoms with Crippen LogP contribution in [0.25, 0.3) is 0 Å². The highest BCUT2D eigenvalue weighted by molar-refractivity contribution is 5.71. The number of hydrogen-bond donors (Lipinski definition) is 0. The van der Waals surface area contributed by atoms with Gasteiger partial charge < -0.3 is 14.2 Å². The number of ether oxygens (including phenoxy) is 3. The lowest BCUT2D eigenvalue weighted by atomic mass is 10.0. The molecule has 0 heterocycles. The van der Waals surface area contributed by atoms with Gasteiger partial charge in [0.15, 0.2) is 6.10 Å². The SMILES string of the molecule is CCCCCC/C=C\C/C=C\CCCCCCCCCC(=O)OCC(COC(=O)CCCCCCCCCCCCCCCC)OC(=O)CCCCCCCCC/C=C\CCCCCCCC. The van der Waals surface area contributed by atoms with Crippen LogP contribution in [0, 0.1) is 0 Å². The van der Waals surface area contributed by atoms with E-state index in [2.05, 4.69) is 57.2 Å². The Bertz CT molecular complexity index is 1130. The van der Waals surface area contributed by atoms with Crippen LogP contribution in [0.5, 0.6) is 0 Å². The Morgan fingerprint density at radius 3 is 0.851 bits per heavy atom. The van der Waals surface area contributed by atoms with E-state index in [-0.39, 0.29) is 31.1 Å². The second-order valence-corrected chi connectivity index (χ2v) is 19.9. The van der Waals surface area contributed by atoms with Gasteiger partial charge in [-0.15, -0.1) is 0 Å². The Morgan fingerprint density at radius 1 is 0.299 bits per heavy atom. The van der Waals surface area contributed by atoms with Crippen molar-refractivity contribution >= 4 is 17.9 Å². The highest BCUT2D eigenvalue weighted by atomic mass is 16.6. The molecule has 0 aromatic carbocycles. The molecule has 0 aliphatic heterocycles. The van der Waals surface area contributed by atoms with E-state index in [0.717, 1.165) is 70.6 Å². The molecule has 6 nitrogen and oxygen atoms in total. The Labute approximate surface area is 416 Å². The summed E-state index contributed by atoms with van der Waals surface area (Å²) in [4.78, 5) is 38.2. The molecule has 0 N–H and O–H groups in total. The highest BCUT2D eigenvalue weighted by Crippen LogP contribution is 2.16. The van der Waals surface area contributed by atoms with Gasteiger partial charge in [0.1, 0.15) is 13.2 Å². The summed E-state index contributed by atoms with van der Waals surface area (Å²) in [6.07, 6.45) is 67.0. The molecule has 0 saturated heterocycles. The van der Waals surface area contributed by atoms with E-state index in [9.17, 15) is 14.4 Å². The molecule has 0 saturated carbocycles. The quantitative estimate of drug-likeness (QED) is 0.0262. The first kappa shape index (κ1) is 64.6. The average molecular weight is 942 g/mol. The summed E-state index contributed by atoms with van der Waals surface area (Å²) in [7, 11) is 0. The maximum absolute atomic E-state index is 12.9. The fourth-order valence-electron chi connectivity index (χ4n) is 8.65. The predicted molar refractivity (Wildman–Crippen MR) is 289 cm³/mol. The maximum Gasteiger partial charge on any atom is 0.306 e. The van der Waals surface area contributed by atoms with Crippen LogP contribution < -0.4 is 0 Å². The van der Waals surface area contributed by atoms with E-state index in [0.29, 0.717) is 19.3 Å². The third-order valence-electron chi connectivity index (χ3n) is 13.1. The Morgan fingerprint density at radius 2 is 0.537 bits per heavy atom. The molecule has 0 amide bonds. The van der Waals surface area contributed by atoms with E-state index < -0.39 is 6.10 Å². The van der Waals surface area contributed by atoms with Crippen LogP contribution in [0.15, 0.2) is 36.5 Å². The third-order valence-corrected chi connectivity index (χ3v) is 13.1. The van der Waals surface area contributed by atoms with Crippen molar-refractivity contribution in [3.8, 4) is 0 Å². The van der Waals surface area contributed by atoms with Gasteiger partial charge in [0, 0.05) is 19.3 Å². The van der Waals surface area contributed by atoms with Gasteiger partial charge in [0.25, 0.3) is 0 Å². The first-order valence-electron chi connectivity index (χ1n) is 29.5. The van der Waals surface area contributed by atoms with E-state index in [4.69, 9.17) is 14.2 Å². The first-order valence-corrected chi connectivity index (χ1v) is 29.5. The third kappa shape index (κ3) is 54.4. The maximum atomic E-state index is 12.9. The second-order valence-electron chi connectivity index (χ2n) is 19.9. The van der Waals surface area contributed by atoms with Crippen LogP contribution in [-0.2, 0) is 28.6 Å². The molecule has 0 radical (unpaired) electrons. The van der Waals surface area contributed by atoms with Crippen LogP contribution in [0.4, 0.5) is 0 Å². The first-order chi connectivity index (χ1) is 33.0. The minimum Gasteiger partial charge on any atom is -0.462 e. The summed E-state index contributed by atoms with van der Waals surface area (Å²) in [5.74, 6) is -0.867. The number of hydrogen-bond acceptors (Lipinski definition) is 6. The van der Waals surface area contributed by atoms with E-state index in [1.807, 2.05) is 0 Å². The van der Waals surface area contributed by atoms with Gasteiger partial charge in [0.2, 0.25) is 0 Å². The lowest BCUT2D eigenvalue weighted by Gasteiger charge is -2.18. The van der Waals surface area contributed by atoms with E-state index in [1.54, 1.807) is 0 Å². The number of carbonyl (C=O) groups is 3. The molecule has 1 atom stereocenters. The Kier molecular flexibility index (Phi) is 54.2. The van der Waals surface area contributed by atoms with Crippen LogP contribution in [0.3, 0.4) is 0 Å². The summed E-state index contributed by atoms with van der Waals surface area (Å²) in [5.41, 5.74) is 0. The van der Waals surface area contributed by atoms with Crippen molar-refractivity contribution in [1.82, 2.24) is 0 Å². The minimum atomic E-state index is -0.775. The molecule has 0 bridgehead atoms. The summed E-state index contributed by atoms with van der Waals surface area (Å²) < 4.78 is 16.9. The fourth-order valence-corrected chi connectivity index (χ4v) is 8.65. The van der Waals surface area contributed by atoms with E-state index >= 15 is 0 Å². The van der Waals surface area contributed by atoms with Crippen LogP contribution in [-0.4, -0.2) is 37.2 Å². The second kappa shape index (κ2) is 56.2. The monoisotopic (exact) mass is 941 g/mol. The summed E-state index contributed by atoms with van der Waals surface area (Å²) in [5, 5.41) is 0. The zero-order valence-corrected chi connectivity index (χ0v) is 44.9. The molecule has 1 unspecified atom stereocenters. The molecule has 0 fully saturated rings. The van der Waals surface area contributed by atoms with Gasteiger partial charge in [0.05, 0.1) is 0 Å². The van der Waals surface area contributed by atoms with Crippen molar-refractivity contribution < 1.29 is 28.6 Å². The number of rotatable bonds is 54. The number of esters is 3. The minimum absolute atomic E-state index is 0.0727. The molecular weight excluding hydrogens is 829 g/mol. The lowest BCUT2D eigenvalue weighted by molar-refractivity contribution is -0.167. The zero-order valence-electron chi connectivity index (χ0n) is 44.9. The van der Waals surface area contributed by atoms with Gasteiger partial charge in [-0.25, -0.2) is 0 Å². The standard InChI is InChI=1S/C61H112O6/c1-4-7-10-13-16-19-22-25-28-30-32-33-36-39-42-45-48-51-54-60(63)66-57-58(56-65-59(62)53-50-47-44-41-38-35-27-24-21-18-15-12-9-6-3)67-61(64)55-52-49-46-43-40-37-34-31-29-26-23-20-17-14-11-8-5-2/h19,22,26,28-30,58H,4-18,20-21,23-25,27,31-57H2,1-3H3/b22-19-,29-26-,30-28-. The van der Waals surface area contributed by atoms with Crippen molar-refractivity contribution in [2.24, 2.45) is 0 Å². The summed E-state index contributed by atoms with van der Waals surface area (Å²) >= 11 is 0. The zero-order chi connectivity index (χ0) is 48.6. The summed E-state index contributed by atoms with van der Waals surface area (Å²) in [6.45, 7) is 6.65. The topological polar surface area (TPSA) is 78.9 Å². The molecule has 0 aliphatic carbocycles. The molecule has 0 aromatic heterocycles. The molecule has 6 heteroatoms. The number of allylic oxidation sites excluding steroid dienone is 6. The molecule has 0 spiro atoms. The molecule has 0 aliphatic rings. The normalized spacial score (nSPS) is 12.2. The van der Waals surface area contributed by atoms with Crippen LogP contribution in [0.2, 0.25) is 0 Å². The van der Waals surface area contributed by atoms with Crippen LogP contribution in [0.1, 0.15) is 316 Å². The largest absolute Gasteiger partial charge is 0.462 e. The van der Waals surface area contributed by atoms with Crippen molar-refractivity contribution in [2.45, 2.75) is 322 Å². The molecular formula is C61H112O6. The Hall–Kier alpha value is -2.37. The average Bonchev–Trinajstić information content (AvgIpc) is 3.33. The van der Waals surface area contributed by atoms with E-state index in [1.165, 1.54) is 205 Å². The van der Waals surface area contributed by atoms with Gasteiger partial charge >= 0.3 is 17.9 Å². The molecule has 67 heavy (non-hydrogen) atoms. The summed E-state index contributed by atoms with van der Waals surface area (Å²) in [6, 6.07) is 0. The van der Waals surface area contributed by atoms with Crippen LogP contribution >= 0.6 is 0 Å². The van der Waals surface area contributed by atoms with Gasteiger partial charge in [-0.05, 0) is 77.0 Å². The van der Waals surface area contributed by atoms with Crippen molar-refractivity contribution in [3.05, 3.63) is 36.5 Å². The van der Waals surface area contributed by atoms with Gasteiger partial charge in [-0.1, -0.05) is 256 Å². The fraction of sp³-hybridized carbons (Fsp3) is 0.852.